The standard InChI is InChI=1S/C30H36N2O6/c1-3-36-29(35)21-7-4-6-20(18-21)27(33)31-23-10-8-22(9-11-23)30(14-5-15-30)32-28(34)24-12-13-25-26(19(24)2)38-17-16-37-25/h8-13,20-21H,3-7,14-18H2,1-2H3,(H,31,33)(H,32,34)/t20-,21-/m0/s1. The number of fused-ring (bicyclic) bond motifs is 1. The monoisotopic (exact) mass is 520 g/mol. The molecule has 2 aromatic rings. The normalized spacial score (nSPS) is 21.5. The molecule has 2 atom stereocenters. The number of carbonyl (C=O) groups excluding carboxylic acids is 3. The Morgan fingerprint density at radius 2 is 1.71 bits per heavy atom. The number of hydrogen-bond donors (Lipinski definition) is 2. The fourth-order valence-corrected chi connectivity index (χ4v) is 5.82. The molecule has 202 valence electrons. The lowest BCUT2D eigenvalue weighted by Gasteiger charge is -2.43. The van der Waals surface area contributed by atoms with Crippen LogP contribution in [-0.4, -0.2) is 37.6 Å². The molecule has 5 rings (SSSR count). The molecule has 2 aromatic carbocycles. The Kier molecular flexibility index (Phi) is 7.58. The Balaban J connectivity index is 1.24. The van der Waals surface area contributed by atoms with Crippen molar-refractivity contribution in [3.8, 4) is 11.5 Å². The Hall–Kier alpha value is -3.55. The zero-order chi connectivity index (χ0) is 26.7. The van der Waals surface area contributed by atoms with E-state index in [1.165, 1.54) is 0 Å². The fraction of sp³-hybridized carbons (Fsp3) is 0.500. The highest BCUT2D eigenvalue weighted by atomic mass is 16.6. The maximum atomic E-state index is 13.3. The number of rotatable bonds is 7. The number of anilines is 1. The summed E-state index contributed by atoms with van der Waals surface area (Å²) in [6.07, 6.45) is 5.65. The lowest BCUT2D eigenvalue weighted by atomic mass is 9.71. The van der Waals surface area contributed by atoms with Crippen LogP contribution in [0.4, 0.5) is 5.69 Å². The van der Waals surface area contributed by atoms with E-state index in [-0.39, 0.29) is 29.6 Å². The molecule has 0 spiro atoms. The van der Waals surface area contributed by atoms with E-state index in [0.717, 1.165) is 49.7 Å². The summed E-state index contributed by atoms with van der Waals surface area (Å²) in [5, 5.41) is 6.30. The summed E-state index contributed by atoms with van der Waals surface area (Å²) < 4.78 is 16.6. The van der Waals surface area contributed by atoms with E-state index in [9.17, 15) is 14.4 Å². The molecule has 0 bridgehead atoms. The molecule has 2 N–H and O–H groups in total. The number of benzene rings is 2. The molecule has 0 saturated heterocycles. The molecule has 1 aliphatic heterocycles. The molecule has 2 amide bonds. The third-order valence-corrected chi connectivity index (χ3v) is 8.13. The van der Waals surface area contributed by atoms with Gasteiger partial charge in [-0.05, 0) is 82.2 Å². The quantitative estimate of drug-likeness (QED) is 0.505. The van der Waals surface area contributed by atoms with Crippen molar-refractivity contribution < 1.29 is 28.6 Å². The first-order valence-electron chi connectivity index (χ1n) is 13.7. The summed E-state index contributed by atoms with van der Waals surface area (Å²) in [6, 6.07) is 11.3. The summed E-state index contributed by atoms with van der Waals surface area (Å²) in [4.78, 5) is 38.4. The van der Waals surface area contributed by atoms with Gasteiger partial charge in [-0.25, -0.2) is 0 Å². The predicted octanol–water partition coefficient (Wildman–Crippen LogP) is 4.88. The average molecular weight is 521 g/mol. The predicted molar refractivity (Wildman–Crippen MR) is 142 cm³/mol. The number of ether oxygens (including phenoxy) is 3. The summed E-state index contributed by atoms with van der Waals surface area (Å²) in [5.41, 5.74) is 2.65. The van der Waals surface area contributed by atoms with Gasteiger partial charge in [-0.1, -0.05) is 18.6 Å². The number of amides is 2. The topological polar surface area (TPSA) is 103 Å². The van der Waals surface area contributed by atoms with Crippen LogP contribution in [0.5, 0.6) is 11.5 Å². The van der Waals surface area contributed by atoms with E-state index in [1.54, 1.807) is 19.1 Å². The molecule has 2 aliphatic carbocycles. The molecule has 0 aromatic heterocycles. The smallest absolute Gasteiger partial charge is 0.308 e. The second kappa shape index (κ2) is 11.1. The van der Waals surface area contributed by atoms with Crippen molar-refractivity contribution >= 4 is 23.5 Å². The van der Waals surface area contributed by atoms with E-state index < -0.39 is 5.54 Å². The van der Waals surface area contributed by atoms with Gasteiger partial charge in [0.15, 0.2) is 11.5 Å². The Bertz CT molecular complexity index is 1200. The van der Waals surface area contributed by atoms with Crippen LogP contribution in [0.15, 0.2) is 36.4 Å². The zero-order valence-electron chi connectivity index (χ0n) is 22.1. The number of esters is 1. The lowest BCUT2D eigenvalue weighted by Crippen LogP contribution is -2.50. The van der Waals surface area contributed by atoms with E-state index in [1.807, 2.05) is 31.2 Å². The van der Waals surface area contributed by atoms with Crippen molar-refractivity contribution in [2.45, 2.75) is 64.3 Å². The molecule has 1 heterocycles. The molecule has 0 radical (unpaired) electrons. The molecule has 2 saturated carbocycles. The van der Waals surface area contributed by atoms with Gasteiger partial charge in [0, 0.05) is 22.7 Å². The molecule has 0 unspecified atom stereocenters. The van der Waals surface area contributed by atoms with Gasteiger partial charge in [-0.2, -0.15) is 0 Å². The number of nitrogens with one attached hydrogen (secondary N) is 2. The van der Waals surface area contributed by atoms with Crippen molar-refractivity contribution in [2.24, 2.45) is 11.8 Å². The van der Waals surface area contributed by atoms with Gasteiger partial charge in [0.25, 0.3) is 5.91 Å². The third kappa shape index (κ3) is 5.22. The van der Waals surface area contributed by atoms with Crippen LogP contribution in [0.1, 0.15) is 73.4 Å². The maximum Gasteiger partial charge on any atom is 0.308 e. The van der Waals surface area contributed by atoms with Crippen molar-refractivity contribution in [1.29, 1.82) is 0 Å². The van der Waals surface area contributed by atoms with Crippen molar-refractivity contribution in [3.05, 3.63) is 53.1 Å². The van der Waals surface area contributed by atoms with Crippen LogP contribution in [0.2, 0.25) is 0 Å². The third-order valence-electron chi connectivity index (χ3n) is 8.13. The van der Waals surface area contributed by atoms with Crippen molar-refractivity contribution in [1.82, 2.24) is 5.32 Å². The molecule has 8 nitrogen and oxygen atoms in total. The highest BCUT2D eigenvalue weighted by Crippen LogP contribution is 2.43. The van der Waals surface area contributed by atoms with Crippen LogP contribution >= 0.6 is 0 Å². The van der Waals surface area contributed by atoms with Crippen LogP contribution in [-0.2, 0) is 19.9 Å². The minimum absolute atomic E-state index is 0.0625. The van der Waals surface area contributed by atoms with E-state index in [4.69, 9.17) is 14.2 Å². The summed E-state index contributed by atoms with van der Waals surface area (Å²) in [7, 11) is 0. The first-order valence-corrected chi connectivity index (χ1v) is 13.7. The van der Waals surface area contributed by atoms with Gasteiger partial charge in [-0.15, -0.1) is 0 Å². The van der Waals surface area contributed by atoms with E-state index >= 15 is 0 Å². The largest absolute Gasteiger partial charge is 0.486 e. The minimum atomic E-state index is -0.435. The highest BCUT2D eigenvalue weighted by molar-refractivity contribution is 5.97. The molecular weight excluding hydrogens is 484 g/mol. The van der Waals surface area contributed by atoms with Crippen LogP contribution in [0.3, 0.4) is 0 Å². The fourth-order valence-electron chi connectivity index (χ4n) is 5.82. The maximum absolute atomic E-state index is 13.3. The van der Waals surface area contributed by atoms with Gasteiger partial charge in [0.2, 0.25) is 5.91 Å². The van der Waals surface area contributed by atoms with Crippen LogP contribution in [0, 0.1) is 18.8 Å². The highest BCUT2D eigenvalue weighted by Gasteiger charge is 2.40. The average Bonchev–Trinajstić information content (AvgIpc) is 2.91. The second-order valence-corrected chi connectivity index (χ2v) is 10.5. The Morgan fingerprint density at radius 3 is 2.42 bits per heavy atom. The van der Waals surface area contributed by atoms with E-state index in [2.05, 4.69) is 10.6 Å². The minimum Gasteiger partial charge on any atom is -0.486 e. The Labute approximate surface area is 223 Å². The van der Waals surface area contributed by atoms with Gasteiger partial charge in [0.05, 0.1) is 18.1 Å². The SMILES string of the molecule is CCOC(=O)[C@H]1CCC[C@H](C(=O)Nc2ccc(C3(NC(=O)c4ccc5c(c4C)OCCO5)CCC3)cc2)C1. The molecular formula is C30H36N2O6. The first-order chi connectivity index (χ1) is 18.4. The van der Waals surface area contributed by atoms with Crippen molar-refractivity contribution in [2.75, 3.05) is 25.1 Å². The van der Waals surface area contributed by atoms with Gasteiger partial charge in [-0.3, -0.25) is 14.4 Å². The first kappa shape index (κ1) is 26.1. The lowest BCUT2D eigenvalue weighted by molar-refractivity contribution is -0.150. The van der Waals surface area contributed by atoms with Crippen LogP contribution in [0.25, 0.3) is 0 Å². The zero-order valence-corrected chi connectivity index (χ0v) is 22.1. The second-order valence-electron chi connectivity index (χ2n) is 10.5. The van der Waals surface area contributed by atoms with Gasteiger partial charge >= 0.3 is 5.97 Å². The Morgan fingerprint density at radius 1 is 0.974 bits per heavy atom. The summed E-state index contributed by atoms with van der Waals surface area (Å²) in [6.45, 7) is 5.02. The molecule has 8 heteroatoms. The molecule has 3 aliphatic rings. The van der Waals surface area contributed by atoms with Crippen LogP contribution < -0.4 is 20.1 Å². The molecule has 2 fully saturated rings. The van der Waals surface area contributed by atoms with Crippen molar-refractivity contribution in [3.63, 3.8) is 0 Å². The number of carbonyl (C=O) groups is 3. The number of hydrogen-bond acceptors (Lipinski definition) is 6. The molecule has 38 heavy (non-hydrogen) atoms. The van der Waals surface area contributed by atoms with E-state index in [0.29, 0.717) is 49.0 Å². The van der Waals surface area contributed by atoms with Gasteiger partial charge < -0.3 is 24.8 Å². The summed E-state index contributed by atoms with van der Waals surface area (Å²) >= 11 is 0. The van der Waals surface area contributed by atoms with Gasteiger partial charge in [0.1, 0.15) is 13.2 Å². The summed E-state index contributed by atoms with van der Waals surface area (Å²) in [5.74, 6) is 0.501.